The van der Waals surface area contributed by atoms with Crippen LogP contribution in [0.1, 0.15) is 24.5 Å². The Bertz CT molecular complexity index is 562. The van der Waals surface area contributed by atoms with Gasteiger partial charge in [-0.25, -0.2) is 4.39 Å². The highest BCUT2D eigenvalue weighted by Crippen LogP contribution is 2.32. The third kappa shape index (κ3) is 4.53. The average Bonchev–Trinajstić information content (AvgIpc) is 3.40. The molecule has 0 bridgehead atoms. The summed E-state index contributed by atoms with van der Waals surface area (Å²) in [5.41, 5.74) is 0.881. The summed E-state index contributed by atoms with van der Waals surface area (Å²) in [6.07, 6.45) is 1.63. The highest BCUT2D eigenvalue weighted by atomic mass is 19.1. The molecule has 6 heteroatoms. The highest BCUT2D eigenvalue weighted by Gasteiger charge is 2.31. The predicted molar refractivity (Wildman–Crippen MR) is 87.9 cm³/mol. The second-order valence-corrected chi connectivity index (χ2v) is 6.85. The molecule has 1 heterocycles. The van der Waals surface area contributed by atoms with E-state index < -0.39 is 0 Å². The molecule has 1 aliphatic heterocycles. The Kier molecular flexibility index (Phi) is 5.48. The van der Waals surface area contributed by atoms with E-state index in [1.807, 2.05) is 11.9 Å². The van der Waals surface area contributed by atoms with E-state index in [1.54, 1.807) is 17.0 Å². The molecule has 1 N–H and O–H groups in total. The number of aliphatic hydroxyl groups excluding tert-OH is 1. The smallest absolute Gasteiger partial charge is 0.236 e. The van der Waals surface area contributed by atoms with E-state index in [1.165, 1.54) is 12.1 Å². The van der Waals surface area contributed by atoms with Gasteiger partial charge >= 0.3 is 0 Å². The van der Waals surface area contributed by atoms with Gasteiger partial charge < -0.3 is 14.7 Å². The number of halogens is 1. The highest BCUT2D eigenvalue weighted by molar-refractivity contribution is 5.78. The SMILES string of the molecule is CN(CC(=O)N1CCOC(c2ccc(F)cc2)C1)CC(O)C1CC1. The van der Waals surface area contributed by atoms with Crippen molar-refractivity contribution >= 4 is 5.91 Å². The largest absolute Gasteiger partial charge is 0.392 e. The number of ether oxygens (including phenoxy) is 1. The number of hydrogen-bond acceptors (Lipinski definition) is 4. The van der Waals surface area contributed by atoms with Gasteiger partial charge in [-0.3, -0.25) is 9.69 Å². The van der Waals surface area contributed by atoms with Gasteiger partial charge in [0.25, 0.3) is 0 Å². The molecule has 1 saturated carbocycles. The number of morpholine rings is 1. The van der Waals surface area contributed by atoms with E-state index in [0.29, 0.717) is 38.7 Å². The topological polar surface area (TPSA) is 53.0 Å². The lowest BCUT2D eigenvalue weighted by Gasteiger charge is -2.34. The minimum Gasteiger partial charge on any atom is -0.392 e. The summed E-state index contributed by atoms with van der Waals surface area (Å²) >= 11 is 0. The van der Waals surface area contributed by atoms with E-state index in [0.717, 1.165) is 18.4 Å². The van der Waals surface area contributed by atoms with E-state index in [-0.39, 0.29) is 23.9 Å². The number of carbonyl (C=O) groups is 1. The summed E-state index contributed by atoms with van der Waals surface area (Å²) in [6, 6.07) is 6.22. The van der Waals surface area contributed by atoms with Crippen molar-refractivity contribution in [2.45, 2.75) is 25.0 Å². The van der Waals surface area contributed by atoms with Crippen LogP contribution >= 0.6 is 0 Å². The molecule has 2 atom stereocenters. The summed E-state index contributed by atoms with van der Waals surface area (Å²) in [6.45, 7) is 2.34. The van der Waals surface area contributed by atoms with E-state index in [2.05, 4.69) is 0 Å². The van der Waals surface area contributed by atoms with Crippen LogP contribution in [0.5, 0.6) is 0 Å². The van der Waals surface area contributed by atoms with Gasteiger partial charge in [0.15, 0.2) is 0 Å². The normalized spacial score (nSPS) is 22.7. The third-order valence-electron chi connectivity index (χ3n) is 4.73. The van der Waals surface area contributed by atoms with Crippen LogP contribution in [0.25, 0.3) is 0 Å². The van der Waals surface area contributed by atoms with Crippen molar-refractivity contribution in [3.05, 3.63) is 35.6 Å². The zero-order chi connectivity index (χ0) is 17.1. The summed E-state index contributed by atoms with van der Waals surface area (Å²) < 4.78 is 18.8. The number of amides is 1. The summed E-state index contributed by atoms with van der Waals surface area (Å²) in [4.78, 5) is 16.2. The quantitative estimate of drug-likeness (QED) is 0.854. The first kappa shape index (κ1) is 17.3. The Balaban J connectivity index is 1.51. The lowest BCUT2D eigenvalue weighted by molar-refractivity contribution is -0.140. The second-order valence-electron chi connectivity index (χ2n) is 6.85. The first-order valence-corrected chi connectivity index (χ1v) is 8.54. The van der Waals surface area contributed by atoms with Crippen LogP contribution in [0.3, 0.4) is 0 Å². The number of rotatable bonds is 6. The maximum Gasteiger partial charge on any atom is 0.236 e. The molecule has 1 aromatic rings. The molecule has 24 heavy (non-hydrogen) atoms. The van der Waals surface area contributed by atoms with Gasteiger partial charge in [0.1, 0.15) is 11.9 Å². The minimum atomic E-state index is -0.334. The fourth-order valence-corrected chi connectivity index (χ4v) is 3.10. The van der Waals surface area contributed by atoms with Gasteiger partial charge in [-0.15, -0.1) is 0 Å². The van der Waals surface area contributed by atoms with Crippen molar-refractivity contribution in [3.8, 4) is 0 Å². The molecule has 1 aromatic carbocycles. The van der Waals surface area contributed by atoms with Crippen LogP contribution in [-0.2, 0) is 9.53 Å². The van der Waals surface area contributed by atoms with E-state index in [9.17, 15) is 14.3 Å². The van der Waals surface area contributed by atoms with Gasteiger partial charge in [-0.05, 0) is 43.5 Å². The molecule has 2 fully saturated rings. The second kappa shape index (κ2) is 7.59. The van der Waals surface area contributed by atoms with Gasteiger partial charge in [0, 0.05) is 13.1 Å². The lowest BCUT2D eigenvalue weighted by Crippen LogP contribution is -2.47. The van der Waals surface area contributed by atoms with Gasteiger partial charge in [-0.2, -0.15) is 0 Å². The number of carbonyl (C=O) groups excluding carboxylic acids is 1. The Morgan fingerprint density at radius 2 is 2.12 bits per heavy atom. The number of hydrogen-bond donors (Lipinski definition) is 1. The number of benzene rings is 1. The molecule has 1 aliphatic carbocycles. The number of likely N-dealkylation sites (N-methyl/N-ethyl adjacent to an activating group) is 1. The van der Waals surface area contributed by atoms with E-state index >= 15 is 0 Å². The molecule has 0 spiro atoms. The van der Waals surface area contributed by atoms with Crippen LogP contribution < -0.4 is 0 Å². The average molecular weight is 336 g/mol. The van der Waals surface area contributed by atoms with Gasteiger partial charge in [-0.1, -0.05) is 12.1 Å². The van der Waals surface area contributed by atoms with Crippen LogP contribution in [0.4, 0.5) is 4.39 Å². The van der Waals surface area contributed by atoms with Crippen molar-refractivity contribution < 1.29 is 19.0 Å². The van der Waals surface area contributed by atoms with E-state index in [4.69, 9.17) is 4.74 Å². The predicted octanol–water partition coefficient (Wildman–Crippen LogP) is 1.43. The zero-order valence-corrected chi connectivity index (χ0v) is 14.0. The fourth-order valence-electron chi connectivity index (χ4n) is 3.10. The third-order valence-corrected chi connectivity index (χ3v) is 4.73. The van der Waals surface area contributed by atoms with Crippen LogP contribution in [0.2, 0.25) is 0 Å². The summed E-state index contributed by atoms with van der Waals surface area (Å²) in [5.74, 6) is 0.169. The Morgan fingerprint density at radius 1 is 1.42 bits per heavy atom. The lowest BCUT2D eigenvalue weighted by atomic mass is 10.1. The molecule has 1 saturated heterocycles. The fraction of sp³-hybridized carbons (Fsp3) is 0.611. The Hall–Kier alpha value is -1.50. The van der Waals surface area contributed by atoms with Gasteiger partial charge in [0.2, 0.25) is 5.91 Å². The van der Waals surface area contributed by atoms with Crippen molar-refractivity contribution in [1.29, 1.82) is 0 Å². The maximum atomic E-state index is 13.0. The standard InChI is InChI=1S/C18H25FN2O3/c1-20(10-16(22)13-2-3-13)12-18(23)21-8-9-24-17(11-21)14-4-6-15(19)7-5-14/h4-7,13,16-17,22H,2-3,8-12H2,1H3. The molecule has 5 nitrogen and oxygen atoms in total. The molecular formula is C18H25FN2O3. The zero-order valence-electron chi connectivity index (χ0n) is 14.0. The van der Waals surface area contributed by atoms with Crippen LogP contribution in [-0.4, -0.2) is 66.8 Å². The molecule has 132 valence electrons. The molecule has 2 unspecified atom stereocenters. The number of nitrogens with zero attached hydrogens (tertiary/aromatic N) is 2. The van der Waals surface area contributed by atoms with Crippen LogP contribution in [0, 0.1) is 11.7 Å². The monoisotopic (exact) mass is 336 g/mol. The van der Waals surface area contributed by atoms with Gasteiger partial charge in [0.05, 0.1) is 25.8 Å². The molecule has 3 rings (SSSR count). The molecule has 1 amide bonds. The van der Waals surface area contributed by atoms with Crippen molar-refractivity contribution in [1.82, 2.24) is 9.80 Å². The minimum absolute atomic E-state index is 0.0379. The summed E-state index contributed by atoms with van der Waals surface area (Å²) in [5, 5.41) is 9.98. The molecule has 0 radical (unpaired) electrons. The summed E-state index contributed by atoms with van der Waals surface area (Å²) in [7, 11) is 1.86. The molecular weight excluding hydrogens is 311 g/mol. The Morgan fingerprint density at radius 3 is 2.79 bits per heavy atom. The van der Waals surface area contributed by atoms with Crippen molar-refractivity contribution in [3.63, 3.8) is 0 Å². The van der Waals surface area contributed by atoms with Crippen LogP contribution in [0.15, 0.2) is 24.3 Å². The molecule has 2 aliphatic rings. The number of aliphatic hydroxyl groups is 1. The maximum absolute atomic E-state index is 13.0. The first-order chi connectivity index (χ1) is 11.5. The Labute approximate surface area is 142 Å². The molecule has 0 aromatic heterocycles. The first-order valence-electron chi connectivity index (χ1n) is 8.54. The van der Waals surface area contributed by atoms with Crippen molar-refractivity contribution in [2.24, 2.45) is 5.92 Å². The van der Waals surface area contributed by atoms with Crippen molar-refractivity contribution in [2.75, 3.05) is 39.8 Å².